The van der Waals surface area contributed by atoms with E-state index in [0.29, 0.717) is 33.2 Å². The number of nitrogens with one attached hydrogen (secondary N) is 1. The Hall–Kier alpha value is -3.61. The number of hydrogen-bond acceptors (Lipinski definition) is 10. The third-order valence-corrected chi connectivity index (χ3v) is 7.55. The molecule has 2 aromatic heterocycles. The number of hydrogen-bond donors (Lipinski definition) is 1. The summed E-state index contributed by atoms with van der Waals surface area (Å²) >= 11 is 4.09. The van der Waals surface area contributed by atoms with Gasteiger partial charge in [0.05, 0.1) is 32.3 Å². The number of non-ortho nitro benzene ring substituents is 1. The van der Waals surface area contributed by atoms with Crippen LogP contribution in [0.4, 0.5) is 11.4 Å². The number of aliphatic imine (C=N–C) groups is 1. The van der Waals surface area contributed by atoms with Crippen molar-refractivity contribution in [3.63, 3.8) is 0 Å². The number of rotatable bonds is 7. The average molecular weight is 525 g/mol. The van der Waals surface area contributed by atoms with E-state index in [1.807, 2.05) is 31.2 Å². The van der Waals surface area contributed by atoms with E-state index in [9.17, 15) is 14.9 Å². The molecule has 9 nitrogen and oxygen atoms in total. The van der Waals surface area contributed by atoms with Gasteiger partial charge in [-0.2, -0.15) is 0 Å². The van der Waals surface area contributed by atoms with E-state index in [2.05, 4.69) is 15.3 Å². The minimum Gasteiger partial charge on any atom is -0.494 e. The van der Waals surface area contributed by atoms with E-state index in [4.69, 9.17) is 9.15 Å². The number of furan rings is 1. The highest BCUT2D eigenvalue weighted by molar-refractivity contribution is 8.18. The van der Waals surface area contributed by atoms with Gasteiger partial charge in [0, 0.05) is 18.2 Å². The monoisotopic (exact) mass is 524 g/mol. The Bertz CT molecular complexity index is 1510. The molecule has 1 amide bonds. The highest BCUT2D eigenvalue weighted by Gasteiger charge is 2.24. The maximum Gasteiger partial charge on any atom is 0.271 e. The van der Waals surface area contributed by atoms with Crippen LogP contribution in [0.1, 0.15) is 12.7 Å². The molecule has 0 saturated carbocycles. The van der Waals surface area contributed by atoms with Crippen LogP contribution in [0.25, 0.3) is 16.3 Å². The zero-order valence-electron chi connectivity index (χ0n) is 18.1. The number of amidine groups is 1. The van der Waals surface area contributed by atoms with Crippen LogP contribution in [0.3, 0.4) is 0 Å². The third-order valence-electron chi connectivity index (χ3n) is 4.64. The number of benzene rings is 2. The lowest BCUT2D eigenvalue weighted by Gasteiger charge is -2.00. The summed E-state index contributed by atoms with van der Waals surface area (Å²) in [5, 5.41) is 14.6. The van der Waals surface area contributed by atoms with Gasteiger partial charge in [-0.05, 0) is 66.8 Å². The molecule has 0 radical (unpaired) electrons. The quantitative estimate of drug-likeness (QED) is 0.171. The smallest absolute Gasteiger partial charge is 0.271 e. The first kappa shape index (κ1) is 23.1. The fourth-order valence-electron chi connectivity index (χ4n) is 3.14. The number of aromatic nitrogens is 1. The summed E-state index contributed by atoms with van der Waals surface area (Å²) in [6, 6.07) is 15.3. The molecular formula is C23H16N4O5S3. The SMILES string of the molecule is CCOc1ccc2nc(Sc3ccc(/C=C4\SC(=Nc5cccc([N+](=O)[O-])c5)NC4=O)o3)sc2c1. The minimum absolute atomic E-state index is 0.0691. The molecule has 1 saturated heterocycles. The van der Waals surface area contributed by atoms with Gasteiger partial charge in [0.15, 0.2) is 14.6 Å². The van der Waals surface area contributed by atoms with Gasteiger partial charge in [0.2, 0.25) is 0 Å². The predicted molar refractivity (Wildman–Crippen MR) is 138 cm³/mol. The van der Waals surface area contributed by atoms with E-state index in [0.717, 1.165) is 32.1 Å². The van der Waals surface area contributed by atoms with Gasteiger partial charge >= 0.3 is 0 Å². The summed E-state index contributed by atoms with van der Waals surface area (Å²) in [4.78, 5) is 32.2. The molecular weight excluding hydrogens is 508 g/mol. The fraction of sp³-hybridized carbons (Fsp3) is 0.0870. The second-order valence-electron chi connectivity index (χ2n) is 7.06. The predicted octanol–water partition coefficient (Wildman–Crippen LogP) is 6.24. The van der Waals surface area contributed by atoms with E-state index >= 15 is 0 Å². The number of nitrogens with zero attached hydrogens (tertiary/aromatic N) is 3. The molecule has 3 heterocycles. The summed E-state index contributed by atoms with van der Waals surface area (Å²) in [5.74, 6) is 1.01. The lowest BCUT2D eigenvalue weighted by molar-refractivity contribution is -0.384. The van der Waals surface area contributed by atoms with Crippen LogP contribution in [-0.4, -0.2) is 27.6 Å². The lowest BCUT2D eigenvalue weighted by Crippen LogP contribution is -2.19. The number of thiazole rings is 1. The van der Waals surface area contributed by atoms with Crippen molar-refractivity contribution in [2.45, 2.75) is 16.4 Å². The maximum atomic E-state index is 12.4. The van der Waals surface area contributed by atoms with E-state index < -0.39 is 4.92 Å². The summed E-state index contributed by atoms with van der Waals surface area (Å²) in [5.41, 5.74) is 1.20. The molecule has 1 aliphatic heterocycles. The molecule has 176 valence electrons. The Kier molecular flexibility index (Phi) is 6.57. The third kappa shape index (κ3) is 5.39. The van der Waals surface area contributed by atoms with E-state index in [1.165, 1.54) is 23.9 Å². The number of nitro benzene ring substituents is 1. The fourth-order valence-corrected chi connectivity index (χ4v) is 5.96. The lowest BCUT2D eigenvalue weighted by atomic mass is 10.3. The van der Waals surface area contributed by atoms with Gasteiger partial charge < -0.3 is 14.5 Å². The van der Waals surface area contributed by atoms with E-state index in [-0.39, 0.29) is 11.6 Å². The highest BCUT2D eigenvalue weighted by Crippen LogP contribution is 2.37. The minimum atomic E-state index is -0.492. The second kappa shape index (κ2) is 9.94. The summed E-state index contributed by atoms with van der Waals surface area (Å²) in [6.45, 7) is 2.55. The van der Waals surface area contributed by atoms with Gasteiger partial charge in [-0.3, -0.25) is 14.9 Å². The molecule has 0 bridgehead atoms. The standard InChI is InChI=1S/C23H16N4O5S3/c1-2-31-15-6-8-17-18(11-15)34-23(25-17)35-20-9-7-16(32-20)12-19-21(28)26-22(33-19)24-13-4-3-5-14(10-13)27(29)30/h3-12H,2H2,1H3,(H,24,26,28)/b19-12-. The summed E-state index contributed by atoms with van der Waals surface area (Å²) in [6.07, 6.45) is 1.63. The number of carbonyl (C=O) groups is 1. The van der Waals surface area contributed by atoms with Crippen molar-refractivity contribution in [1.82, 2.24) is 10.3 Å². The van der Waals surface area contributed by atoms with Gasteiger partial charge in [0.25, 0.3) is 11.6 Å². The van der Waals surface area contributed by atoms with Gasteiger partial charge in [0.1, 0.15) is 11.5 Å². The highest BCUT2D eigenvalue weighted by atomic mass is 32.2. The Morgan fingerprint density at radius 1 is 1.26 bits per heavy atom. The van der Waals surface area contributed by atoms with Crippen LogP contribution < -0.4 is 10.1 Å². The summed E-state index contributed by atoms with van der Waals surface area (Å²) < 4.78 is 13.3. The molecule has 35 heavy (non-hydrogen) atoms. The molecule has 0 spiro atoms. The first-order chi connectivity index (χ1) is 17.0. The number of amides is 1. The van der Waals surface area contributed by atoms with Crippen molar-refractivity contribution in [2.75, 3.05) is 6.61 Å². The zero-order chi connectivity index (χ0) is 24.4. The molecule has 4 aromatic rings. The molecule has 0 unspecified atom stereocenters. The van der Waals surface area contributed by atoms with Crippen molar-refractivity contribution >= 4 is 73.6 Å². The molecule has 2 aromatic carbocycles. The van der Waals surface area contributed by atoms with Crippen molar-refractivity contribution in [3.8, 4) is 5.75 Å². The molecule has 0 aliphatic carbocycles. The normalized spacial score (nSPS) is 15.7. The van der Waals surface area contributed by atoms with Crippen molar-refractivity contribution in [1.29, 1.82) is 0 Å². The molecule has 1 N–H and O–H groups in total. The number of thioether (sulfide) groups is 1. The largest absolute Gasteiger partial charge is 0.494 e. The zero-order valence-corrected chi connectivity index (χ0v) is 20.5. The molecule has 1 fully saturated rings. The van der Waals surface area contributed by atoms with Crippen molar-refractivity contribution in [2.24, 2.45) is 4.99 Å². The second-order valence-corrected chi connectivity index (χ2v) is 10.4. The van der Waals surface area contributed by atoms with Crippen LogP contribution >= 0.6 is 34.9 Å². The topological polar surface area (TPSA) is 120 Å². The van der Waals surface area contributed by atoms with Crippen molar-refractivity contribution < 1.29 is 18.9 Å². The maximum absolute atomic E-state index is 12.4. The number of ether oxygens (including phenoxy) is 1. The first-order valence-electron chi connectivity index (χ1n) is 10.3. The molecule has 5 rings (SSSR count). The van der Waals surface area contributed by atoms with Crippen LogP contribution in [0.5, 0.6) is 5.75 Å². The Morgan fingerprint density at radius 3 is 2.97 bits per heavy atom. The van der Waals surface area contributed by atoms with Crippen molar-refractivity contribution in [3.05, 3.63) is 75.4 Å². The average Bonchev–Trinajstić information content (AvgIpc) is 3.53. The number of nitro groups is 1. The first-order valence-corrected chi connectivity index (χ1v) is 12.8. The number of fused-ring (bicyclic) bond motifs is 1. The Labute approximate surface area is 211 Å². The van der Waals surface area contributed by atoms with Gasteiger partial charge in [-0.1, -0.05) is 6.07 Å². The Balaban J connectivity index is 1.29. The summed E-state index contributed by atoms with van der Waals surface area (Å²) in [7, 11) is 0. The molecule has 0 atom stereocenters. The van der Waals surface area contributed by atoms with Gasteiger partial charge in [-0.25, -0.2) is 9.98 Å². The van der Waals surface area contributed by atoms with Crippen LogP contribution in [0.15, 0.2) is 78.3 Å². The molecule has 12 heteroatoms. The Morgan fingerprint density at radius 2 is 2.14 bits per heavy atom. The molecule has 1 aliphatic rings. The van der Waals surface area contributed by atoms with E-state index in [1.54, 1.807) is 35.6 Å². The van der Waals surface area contributed by atoms with Gasteiger partial charge in [-0.15, -0.1) is 11.3 Å². The van der Waals surface area contributed by atoms with Crippen LogP contribution in [0.2, 0.25) is 0 Å². The van der Waals surface area contributed by atoms with Crippen LogP contribution in [0, 0.1) is 10.1 Å². The van der Waals surface area contributed by atoms with Crippen LogP contribution in [-0.2, 0) is 4.79 Å². The number of carbonyl (C=O) groups excluding carboxylic acids is 1.